The Bertz CT molecular complexity index is 872. The molecule has 8 heteroatoms. The number of amides is 3. The number of oxazole rings is 1. The van der Waals surface area contributed by atoms with Gasteiger partial charge in [-0.2, -0.15) is 0 Å². The fourth-order valence-corrected chi connectivity index (χ4v) is 3.15. The molecule has 2 aromatic rings. The zero-order valence-electron chi connectivity index (χ0n) is 16.3. The molecule has 1 fully saturated rings. The molecule has 0 spiro atoms. The standard InChI is InChI=1S/C20H25FN4O3/c1-12-7-9-25(10-8-12)19(26)18-14(3)28-17(24-18)11-22-20(27)23-16-6-4-5-15(21)13(16)2/h4-6,12H,7-11H2,1-3H3,(H2,22,23,27). The number of aromatic nitrogens is 1. The second-order valence-corrected chi connectivity index (χ2v) is 7.21. The van der Waals surface area contributed by atoms with Gasteiger partial charge in [0.05, 0.1) is 6.54 Å². The van der Waals surface area contributed by atoms with E-state index in [1.54, 1.807) is 24.8 Å². The fraction of sp³-hybridized carbons (Fsp3) is 0.450. The molecule has 0 saturated carbocycles. The van der Waals surface area contributed by atoms with Gasteiger partial charge in [-0.25, -0.2) is 14.2 Å². The summed E-state index contributed by atoms with van der Waals surface area (Å²) in [5.74, 6) is 0.775. The molecule has 0 atom stereocenters. The zero-order chi connectivity index (χ0) is 20.3. The van der Waals surface area contributed by atoms with Gasteiger partial charge in [-0.05, 0) is 44.7 Å². The van der Waals surface area contributed by atoms with Gasteiger partial charge in [0.2, 0.25) is 5.89 Å². The Labute approximate surface area is 163 Å². The molecule has 2 N–H and O–H groups in total. The molecule has 0 aliphatic carbocycles. The van der Waals surface area contributed by atoms with Crippen LogP contribution in [0.25, 0.3) is 0 Å². The van der Waals surface area contributed by atoms with Gasteiger partial charge in [0.15, 0.2) is 5.69 Å². The van der Waals surface area contributed by atoms with Gasteiger partial charge in [0, 0.05) is 24.3 Å². The number of halogens is 1. The summed E-state index contributed by atoms with van der Waals surface area (Å²) >= 11 is 0. The van der Waals surface area contributed by atoms with Crippen LogP contribution in [0.1, 0.15) is 47.5 Å². The Morgan fingerprint density at radius 3 is 2.71 bits per heavy atom. The van der Waals surface area contributed by atoms with Crippen molar-refractivity contribution in [2.75, 3.05) is 18.4 Å². The third-order valence-electron chi connectivity index (χ3n) is 5.03. The smallest absolute Gasteiger partial charge is 0.319 e. The Morgan fingerprint density at radius 1 is 1.29 bits per heavy atom. The summed E-state index contributed by atoms with van der Waals surface area (Å²) in [6.45, 7) is 6.91. The number of rotatable bonds is 4. The molecule has 7 nitrogen and oxygen atoms in total. The maximum absolute atomic E-state index is 13.5. The quantitative estimate of drug-likeness (QED) is 0.837. The van der Waals surface area contributed by atoms with Crippen LogP contribution < -0.4 is 10.6 Å². The number of hydrogen-bond donors (Lipinski definition) is 2. The van der Waals surface area contributed by atoms with E-state index in [0.29, 0.717) is 22.9 Å². The molecular formula is C20H25FN4O3. The van der Waals surface area contributed by atoms with Crippen LogP contribution in [0.3, 0.4) is 0 Å². The number of carbonyl (C=O) groups excluding carboxylic acids is 2. The van der Waals surface area contributed by atoms with Crippen molar-refractivity contribution in [3.8, 4) is 0 Å². The summed E-state index contributed by atoms with van der Waals surface area (Å²) in [6, 6.07) is 3.95. The van der Waals surface area contributed by atoms with Gasteiger partial charge < -0.3 is 20.0 Å². The van der Waals surface area contributed by atoms with Crippen molar-refractivity contribution in [1.29, 1.82) is 0 Å². The third kappa shape index (κ3) is 4.49. The molecule has 150 valence electrons. The summed E-state index contributed by atoms with van der Waals surface area (Å²) in [7, 11) is 0. The number of urea groups is 1. The number of anilines is 1. The molecule has 0 unspecified atom stereocenters. The first-order valence-electron chi connectivity index (χ1n) is 9.40. The van der Waals surface area contributed by atoms with E-state index in [9.17, 15) is 14.0 Å². The van der Waals surface area contributed by atoms with E-state index in [2.05, 4.69) is 22.5 Å². The Kier molecular flexibility index (Phi) is 5.96. The van der Waals surface area contributed by atoms with Crippen LogP contribution in [-0.4, -0.2) is 34.9 Å². The third-order valence-corrected chi connectivity index (χ3v) is 5.03. The first-order valence-corrected chi connectivity index (χ1v) is 9.40. The molecule has 3 rings (SSSR count). The van der Waals surface area contributed by atoms with Gasteiger partial charge >= 0.3 is 6.03 Å². The zero-order valence-corrected chi connectivity index (χ0v) is 16.3. The van der Waals surface area contributed by atoms with E-state index in [1.165, 1.54) is 12.1 Å². The monoisotopic (exact) mass is 388 g/mol. The number of nitrogens with zero attached hydrogens (tertiary/aromatic N) is 2. The molecule has 0 bridgehead atoms. The molecule has 1 aliphatic heterocycles. The van der Waals surface area contributed by atoms with Crippen LogP contribution in [0.2, 0.25) is 0 Å². The normalized spacial score (nSPS) is 14.8. The minimum absolute atomic E-state index is 0.0192. The minimum atomic E-state index is -0.512. The van der Waals surface area contributed by atoms with Crippen molar-refractivity contribution >= 4 is 17.6 Å². The molecule has 2 heterocycles. The van der Waals surface area contributed by atoms with Crippen molar-refractivity contribution in [2.24, 2.45) is 5.92 Å². The summed E-state index contributed by atoms with van der Waals surface area (Å²) in [4.78, 5) is 30.8. The SMILES string of the molecule is Cc1oc(CNC(=O)Nc2cccc(F)c2C)nc1C(=O)N1CCC(C)CC1. The number of likely N-dealkylation sites (tertiary alicyclic amines) is 1. The van der Waals surface area contributed by atoms with Crippen LogP contribution in [0.15, 0.2) is 22.6 Å². The number of piperidine rings is 1. The number of hydrogen-bond acceptors (Lipinski definition) is 4. The second kappa shape index (κ2) is 8.41. The first-order chi connectivity index (χ1) is 13.3. The largest absolute Gasteiger partial charge is 0.443 e. The predicted octanol–water partition coefficient (Wildman–Crippen LogP) is 3.62. The van der Waals surface area contributed by atoms with E-state index in [0.717, 1.165) is 25.9 Å². The van der Waals surface area contributed by atoms with E-state index in [4.69, 9.17) is 4.42 Å². The van der Waals surface area contributed by atoms with Crippen molar-refractivity contribution in [1.82, 2.24) is 15.2 Å². The highest BCUT2D eigenvalue weighted by Gasteiger charge is 2.26. The topological polar surface area (TPSA) is 87.5 Å². The Morgan fingerprint density at radius 2 is 2.00 bits per heavy atom. The van der Waals surface area contributed by atoms with Gasteiger partial charge in [-0.1, -0.05) is 13.0 Å². The van der Waals surface area contributed by atoms with Crippen LogP contribution in [0, 0.1) is 25.6 Å². The Balaban J connectivity index is 1.58. The van der Waals surface area contributed by atoms with E-state index >= 15 is 0 Å². The Hall–Kier alpha value is -2.90. The van der Waals surface area contributed by atoms with Crippen molar-refractivity contribution in [2.45, 2.75) is 40.2 Å². The number of carbonyl (C=O) groups is 2. The average Bonchev–Trinajstić information content (AvgIpc) is 3.04. The lowest BCUT2D eigenvalue weighted by atomic mass is 9.99. The van der Waals surface area contributed by atoms with Crippen molar-refractivity contribution in [3.05, 3.63) is 46.9 Å². The van der Waals surface area contributed by atoms with Crippen LogP contribution in [0.5, 0.6) is 0 Å². The van der Waals surface area contributed by atoms with Gasteiger partial charge in [-0.15, -0.1) is 0 Å². The molecule has 1 aromatic carbocycles. The van der Waals surface area contributed by atoms with Crippen LogP contribution >= 0.6 is 0 Å². The lowest BCUT2D eigenvalue weighted by molar-refractivity contribution is 0.0690. The summed E-state index contributed by atoms with van der Waals surface area (Å²) < 4.78 is 19.1. The van der Waals surface area contributed by atoms with E-state index in [1.807, 2.05) is 0 Å². The predicted molar refractivity (Wildman–Crippen MR) is 103 cm³/mol. The van der Waals surface area contributed by atoms with Crippen LogP contribution in [0.4, 0.5) is 14.9 Å². The van der Waals surface area contributed by atoms with Crippen molar-refractivity contribution < 1.29 is 18.4 Å². The molecule has 1 aromatic heterocycles. The highest BCUT2D eigenvalue weighted by atomic mass is 19.1. The number of benzene rings is 1. The van der Waals surface area contributed by atoms with E-state index < -0.39 is 11.8 Å². The van der Waals surface area contributed by atoms with Gasteiger partial charge in [0.25, 0.3) is 5.91 Å². The van der Waals surface area contributed by atoms with Gasteiger partial charge in [0.1, 0.15) is 11.6 Å². The summed E-state index contributed by atoms with van der Waals surface area (Å²) in [5, 5.41) is 5.19. The van der Waals surface area contributed by atoms with Crippen molar-refractivity contribution in [3.63, 3.8) is 0 Å². The molecule has 1 aliphatic rings. The molecular weight excluding hydrogens is 363 g/mol. The lowest BCUT2D eigenvalue weighted by Gasteiger charge is -2.29. The van der Waals surface area contributed by atoms with E-state index in [-0.39, 0.29) is 24.0 Å². The van der Waals surface area contributed by atoms with Crippen LogP contribution in [-0.2, 0) is 6.54 Å². The van der Waals surface area contributed by atoms with Gasteiger partial charge in [-0.3, -0.25) is 4.79 Å². The lowest BCUT2D eigenvalue weighted by Crippen LogP contribution is -2.38. The maximum Gasteiger partial charge on any atom is 0.319 e. The number of aryl methyl sites for hydroxylation is 1. The summed E-state index contributed by atoms with van der Waals surface area (Å²) in [6.07, 6.45) is 1.97. The molecule has 3 amide bonds. The fourth-order valence-electron chi connectivity index (χ4n) is 3.15. The molecule has 0 radical (unpaired) electrons. The maximum atomic E-state index is 13.5. The second-order valence-electron chi connectivity index (χ2n) is 7.21. The summed E-state index contributed by atoms with van der Waals surface area (Å²) in [5.41, 5.74) is 1.03. The highest BCUT2D eigenvalue weighted by Crippen LogP contribution is 2.20. The average molecular weight is 388 g/mol. The highest BCUT2D eigenvalue weighted by molar-refractivity contribution is 5.93. The first kappa shape index (κ1) is 19.9. The molecule has 1 saturated heterocycles. The minimum Gasteiger partial charge on any atom is -0.443 e. The molecule has 28 heavy (non-hydrogen) atoms. The number of nitrogens with one attached hydrogen (secondary N) is 2.